The molecule has 0 aromatic heterocycles. The highest BCUT2D eigenvalue weighted by atomic mass is 79.9. The minimum atomic E-state index is 0.244. The van der Waals surface area contributed by atoms with Gasteiger partial charge in [0.2, 0.25) is 0 Å². The number of aliphatic hydroxyl groups is 1. The Balaban J connectivity index is 1.99. The van der Waals surface area contributed by atoms with Gasteiger partial charge < -0.3 is 10.4 Å². The molecular weight excluding hydrogens is 314 g/mol. The second-order valence-electron chi connectivity index (χ2n) is 4.98. The van der Waals surface area contributed by atoms with Crippen LogP contribution in [0.4, 0.5) is 5.69 Å². The lowest BCUT2D eigenvalue weighted by Crippen LogP contribution is -2.01. The Labute approximate surface area is 129 Å². The molecule has 3 heteroatoms. The summed E-state index contributed by atoms with van der Waals surface area (Å²) in [6.45, 7) is 3.13. The van der Waals surface area contributed by atoms with E-state index in [0.717, 1.165) is 29.5 Å². The summed E-state index contributed by atoms with van der Waals surface area (Å²) < 4.78 is 1.14. The summed E-state index contributed by atoms with van der Waals surface area (Å²) in [5.41, 5.74) is 4.88. The monoisotopic (exact) mass is 333 g/mol. The first-order valence-electron chi connectivity index (χ1n) is 6.88. The van der Waals surface area contributed by atoms with Gasteiger partial charge in [0.05, 0.1) is 0 Å². The molecule has 0 aliphatic rings. The van der Waals surface area contributed by atoms with Crippen LogP contribution < -0.4 is 5.32 Å². The van der Waals surface area contributed by atoms with Crippen molar-refractivity contribution in [2.45, 2.75) is 26.3 Å². The highest BCUT2D eigenvalue weighted by Gasteiger charge is 2.01. The van der Waals surface area contributed by atoms with Crippen LogP contribution in [-0.4, -0.2) is 11.7 Å². The SMILES string of the molecule is Cc1ccc(CNc2cccc(CCCO)c2)c(Br)c1. The second-order valence-corrected chi connectivity index (χ2v) is 5.83. The minimum Gasteiger partial charge on any atom is -0.396 e. The van der Waals surface area contributed by atoms with Crippen molar-refractivity contribution < 1.29 is 5.11 Å². The lowest BCUT2D eigenvalue weighted by Gasteiger charge is -2.10. The molecule has 0 spiro atoms. The van der Waals surface area contributed by atoms with Crippen LogP contribution in [0.2, 0.25) is 0 Å². The van der Waals surface area contributed by atoms with E-state index in [1.54, 1.807) is 0 Å². The third kappa shape index (κ3) is 4.36. The summed E-state index contributed by atoms with van der Waals surface area (Å²) in [6, 6.07) is 14.8. The van der Waals surface area contributed by atoms with Gasteiger partial charge in [0.1, 0.15) is 0 Å². The first-order valence-corrected chi connectivity index (χ1v) is 7.67. The Hall–Kier alpha value is -1.32. The number of rotatable bonds is 6. The van der Waals surface area contributed by atoms with Crippen LogP contribution >= 0.6 is 15.9 Å². The van der Waals surface area contributed by atoms with E-state index in [4.69, 9.17) is 5.11 Å². The Morgan fingerprint density at radius 3 is 2.75 bits per heavy atom. The fourth-order valence-corrected chi connectivity index (χ4v) is 2.75. The number of aryl methyl sites for hydroxylation is 2. The number of hydrogen-bond acceptors (Lipinski definition) is 2. The first kappa shape index (κ1) is 15.1. The van der Waals surface area contributed by atoms with Gasteiger partial charge in [0.25, 0.3) is 0 Å². The van der Waals surface area contributed by atoms with E-state index < -0.39 is 0 Å². The molecule has 2 aromatic carbocycles. The van der Waals surface area contributed by atoms with Crippen molar-refractivity contribution in [2.24, 2.45) is 0 Å². The van der Waals surface area contributed by atoms with Crippen molar-refractivity contribution >= 4 is 21.6 Å². The highest BCUT2D eigenvalue weighted by molar-refractivity contribution is 9.10. The molecule has 0 saturated carbocycles. The number of hydrogen-bond donors (Lipinski definition) is 2. The molecule has 2 rings (SSSR count). The normalized spacial score (nSPS) is 10.6. The van der Waals surface area contributed by atoms with E-state index in [1.165, 1.54) is 16.7 Å². The lowest BCUT2D eigenvalue weighted by molar-refractivity contribution is 0.288. The molecule has 0 heterocycles. The van der Waals surface area contributed by atoms with Gasteiger partial charge in [-0.15, -0.1) is 0 Å². The molecular formula is C17H20BrNO. The van der Waals surface area contributed by atoms with E-state index in [-0.39, 0.29) is 6.61 Å². The van der Waals surface area contributed by atoms with Gasteiger partial charge in [-0.25, -0.2) is 0 Å². The van der Waals surface area contributed by atoms with Crippen LogP contribution in [0.3, 0.4) is 0 Å². The Kier molecular flexibility index (Phi) is 5.62. The van der Waals surface area contributed by atoms with Crippen LogP contribution in [0.1, 0.15) is 23.1 Å². The summed E-state index contributed by atoms with van der Waals surface area (Å²) in [5.74, 6) is 0. The van der Waals surface area contributed by atoms with Crippen molar-refractivity contribution in [2.75, 3.05) is 11.9 Å². The zero-order chi connectivity index (χ0) is 14.4. The van der Waals surface area contributed by atoms with Gasteiger partial charge in [0, 0.05) is 23.3 Å². The van der Waals surface area contributed by atoms with Crippen molar-refractivity contribution in [3.8, 4) is 0 Å². The largest absolute Gasteiger partial charge is 0.396 e. The van der Waals surface area contributed by atoms with Crippen molar-refractivity contribution in [3.05, 3.63) is 63.6 Å². The van der Waals surface area contributed by atoms with Crippen molar-refractivity contribution in [1.82, 2.24) is 0 Å². The van der Waals surface area contributed by atoms with Crippen molar-refractivity contribution in [3.63, 3.8) is 0 Å². The minimum absolute atomic E-state index is 0.244. The molecule has 0 fully saturated rings. The number of nitrogens with one attached hydrogen (secondary N) is 1. The molecule has 0 aliphatic carbocycles. The molecule has 2 N–H and O–H groups in total. The number of anilines is 1. The summed E-state index contributed by atoms with van der Waals surface area (Å²) in [6.07, 6.45) is 1.73. The smallest absolute Gasteiger partial charge is 0.0434 e. The van der Waals surface area contributed by atoms with Gasteiger partial charge in [-0.3, -0.25) is 0 Å². The summed E-state index contributed by atoms with van der Waals surface area (Å²) in [7, 11) is 0. The average Bonchev–Trinajstić information content (AvgIpc) is 2.45. The molecule has 2 aromatic rings. The predicted octanol–water partition coefficient (Wildman–Crippen LogP) is 4.29. The summed E-state index contributed by atoms with van der Waals surface area (Å²) >= 11 is 3.60. The maximum atomic E-state index is 8.88. The third-order valence-electron chi connectivity index (χ3n) is 3.24. The Morgan fingerprint density at radius 2 is 2.00 bits per heavy atom. The topological polar surface area (TPSA) is 32.3 Å². The number of aliphatic hydroxyl groups excluding tert-OH is 1. The van der Waals surface area contributed by atoms with Crippen LogP contribution in [-0.2, 0) is 13.0 Å². The predicted molar refractivity (Wildman–Crippen MR) is 88.1 cm³/mol. The van der Waals surface area contributed by atoms with Gasteiger partial charge in [0.15, 0.2) is 0 Å². The van der Waals surface area contributed by atoms with Crippen LogP contribution in [0, 0.1) is 6.92 Å². The molecule has 0 atom stereocenters. The van der Waals surface area contributed by atoms with Crippen molar-refractivity contribution in [1.29, 1.82) is 0 Å². The van der Waals surface area contributed by atoms with E-state index in [1.807, 2.05) is 0 Å². The van der Waals surface area contributed by atoms with Crippen LogP contribution in [0.25, 0.3) is 0 Å². The molecule has 0 aliphatic heterocycles. The molecule has 0 saturated heterocycles. The molecule has 2 nitrogen and oxygen atoms in total. The highest BCUT2D eigenvalue weighted by Crippen LogP contribution is 2.20. The van der Waals surface area contributed by atoms with E-state index >= 15 is 0 Å². The third-order valence-corrected chi connectivity index (χ3v) is 3.98. The molecule has 0 radical (unpaired) electrons. The summed E-state index contributed by atoms with van der Waals surface area (Å²) in [5, 5.41) is 12.3. The van der Waals surface area contributed by atoms with Gasteiger partial charge in [-0.05, 0) is 54.7 Å². The molecule has 106 valence electrons. The molecule has 0 bridgehead atoms. The average molecular weight is 334 g/mol. The molecule has 0 amide bonds. The van der Waals surface area contributed by atoms with E-state index in [9.17, 15) is 0 Å². The Bertz CT molecular complexity index is 569. The molecule has 0 unspecified atom stereocenters. The quantitative estimate of drug-likeness (QED) is 0.826. The van der Waals surface area contributed by atoms with Gasteiger partial charge in [-0.1, -0.05) is 40.2 Å². The maximum absolute atomic E-state index is 8.88. The van der Waals surface area contributed by atoms with Gasteiger partial charge in [-0.2, -0.15) is 0 Å². The first-order chi connectivity index (χ1) is 9.69. The summed E-state index contributed by atoms with van der Waals surface area (Å²) in [4.78, 5) is 0. The fraction of sp³-hybridized carbons (Fsp3) is 0.294. The maximum Gasteiger partial charge on any atom is 0.0434 e. The van der Waals surface area contributed by atoms with E-state index in [0.29, 0.717) is 0 Å². The van der Waals surface area contributed by atoms with Crippen LogP contribution in [0.5, 0.6) is 0 Å². The number of halogens is 1. The van der Waals surface area contributed by atoms with Gasteiger partial charge >= 0.3 is 0 Å². The van der Waals surface area contributed by atoms with E-state index in [2.05, 4.69) is 70.6 Å². The lowest BCUT2D eigenvalue weighted by atomic mass is 10.1. The zero-order valence-corrected chi connectivity index (χ0v) is 13.3. The number of benzene rings is 2. The Morgan fingerprint density at radius 1 is 1.15 bits per heavy atom. The second kappa shape index (κ2) is 7.46. The fourth-order valence-electron chi connectivity index (χ4n) is 2.11. The molecule has 20 heavy (non-hydrogen) atoms. The standard InChI is InChI=1S/C17H20BrNO/c1-13-7-8-15(17(18)10-13)12-19-16-6-2-4-14(11-16)5-3-9-20/h2,4,6-8,10-11,19-20H,3,5,9,12H2,1H3. The van der Waals surface area contributed by atoms with Crippen LogP contribution in [0.15, 0.2) is 46.9 Å². The zero-order valence-electron chi connectivity index (χ0n) is 11.7.